The van der Waals surface area contributed by atoms with Gasteiger partial charge < -0.3 is 9.80 Å². The van der Waals surface area contributed by atoms with Crippen molar-refractivity contribution in [3.63, 3.8) is 0 Å². The Morgan fingerprint density at radius 2 is 1.66 bits per heavy atom. The van der Waals surface area contributed by atoms with Crippen molar-refractivity contribution >= 4 is 28.7 Å². The largest absolute Gasteiger partial charge is 0.340 e. The molecule has 0 aliphatic carbocycles. The minimum absolute atomic E-state index is 0.331. The Hall–Kier alpha value is -2.58. The van der Waals surface area contributed by atoms with Gasteiger partial charge in [-0.2, -0.15) is 4.98 Å². The summed E-state index contributed by atoms with van der Waals surface area (Å²) in [6.07, 6.45) is 0. The molecule has 4 rings (SSSR count). The van der Waals surface area contributed by atoms with Crippen LogP contribution in [0.2, 0.25) is 5.02 Å². The van der Waals surface area contributed by atoms with Crippen molar-refractivity contribution in [1.29, 1.82) is 0 Å². The van der Waals surface area contributed by atoms with Gasteiger partial charge in [0.25, 0.3) is 5.56 Å². The first-order chi connectivity index (χ1) is 13.9. The molecular formula is C20H25ClN6O2. The maximum atomic E-state index is 13.0. The van der Waals surface area contributed by atoms with Gasteiger partial charge in [0.1, 0.15) is 0 Å². The summed E-state index contributed by atoms with van der Waals surface area (Å²) in [6.45, 7) is 7.19. The molecule has 0 unspecified atom stereocenters. The second kappa shape index (κ2) is 7.68. The van der Waals surface area contributed by atoms with E-state index < -0.39 is 0 Å². The number of fused-ring (bicyclic) bond motifs is 1. The van der Waals surface area contributed by atoms with Crippen molar-refractivity contribution in [1.82, 2.24) is 23.6 Å². The summed E-state index contributed by atoms with van der Waals surface area (Å²) >= 11 is 6.03. The molecule has 0 saturated carbocycles. The summed E-state index contributed by atoms with van der Waals surface area (Å²) in [5.74, 6) is 0.726. The second-order valence-electron chi connectivity index (χ2n) is 7.42. The molecule has 1 fully saturated rings. The lowest BCUT2D eigenvalue weighted by Crippen LogP contribution is -2.47. The van der Waals surface area contributed by atoms with Crippen LogP contribution < -0.4 is 16.1 Å². The number of piperazine rings is 1. The van der Waals surface area contributed by atoms with E-state index in [2.05, 4.69) is 16.7 Å². The van der Waals surface area contributed by atoms with Crippen LogP contribution in [0.4, 0.5) is 5.95 Å². The maximum absolute atomic E-state index is 13.0. The van der Waals surface area contributed by atoms with Crippen molar-refractivity contribution in [2.24, 2.45) is 14.1 Å². The molecule has 0 spiro atoms. The third kappa shape index (κ3) is 3.47. The number of rotatable bonds is 4. The van der Waals surface area contributed by atoms with Gasteiger partial charge in [0.15, 0.2) is 11.2 Å². The van der Waals surface area contributed by atoms with Crippen molar-refractivity contribution in [2.75, 3.05) is 37.6 Å². The highest BCUT2D eigenvalue weighted by Crippen LogP contribution is 2.23. The summed E-state index contributed by atoms with van der Waals surface area (Å²) in [7, 11) is 3.16. The van der Waals surface area contributed by atoms with Crippen LogP contribution in [0, 0.1) is 0 Å². The van der Waals surface area contributed by atoms with Crippen molar-refractivity contribution < 1.29 is 0 Å². The van der Waals surface area contributed by atoms with E-state index in [0.717, 1.165) is 48.8 Å². The molecule has 2 aromatic heterocycles. The fourth-order valence-electron chi connectivity index (χ4n) is 3.86. The van der Waals surface area contributed by atoms with Gasteiger partial charge >= 0.3 is 5.69 Å². The molecule has 1 aromatic carbocycles. The van der Waals surface area contributed by atoms with E-state index in [0.29, 0.717) is 22.7 Å². The van der Waals surface area contributed by atoms with E-state index >= 15 is 0 Å². The zero-order chi connectivity index (χ0) is 20.7. The Balaban J connectivity index is 1.88. The highest BCUT2D eigenvalue weighted by Gasteiger charge is 2.25. The molecule has 0 amide bonds. The van der Waals surface area contributed by atoms with Crippen LogP contribution in [0.3, 0.4) is 0 Å². The molecule has 1 aliphatic heterocycles. The summed E-state index contributed by atoms with van der Waals surface area (Å²) < 4.78 is 4.52. The van der Waals surface area contributed by atoms with Crippen LogP contribution in [0.5, 0.6) is 0 Å². The Labute approximate surface area is 173 Å². The molecule has 8 nitrogen and oxygen atoms in total. The van der Waals surface area contributed by atoms with Gasteiger partial charge in [-0.25, -0.2) is 4.79 Å². The third-order valence-corrected chi connectivity index (χ3v) is 5.94. The van der Waals surface area contributed by atoms with Gasteiger partial charge in [-0.1, -0.05) is 30.7 Å². The molecule has 0 atom stereocenters. The van der Waals surface area contributed by atoms with E-state index in [1.165, 1.54) is 11.6 Å². The van der Waals surface area contributed by atoms with Crippen molar-refractivity contribution in [3.8, 4) is 0 Å². The number of hydrogen-bond donors (Lipinski definition) is 0. The van der Waals surface area contributed by atoms with Crippen LogP contribution >= 0.6 is 11.6 Å². The molecule has 0 bridgehead atoms. The van der Waals surface area contributed by atoms with Gasteiger partial charge in [0.2, 0.25) is 5.95 Å². The SMILES string of the molecule is CCN1CCN(c2nc3c(c(=O)n(C)c(=O)n3C)n2Cc2ccc(Cl)cc2)CC1. The zero-order valence-electron chi connectivity index (χ0n) is 16.9. The highest BCUT2D eigenvalue weighted by molar-refractivity contribution is 6.30. The minimum Gasteiger partial charge on any atom is -0.340 e. The average molecular weight is 417 g/mol. The topological polar surface area (TPSA) is 68.3 Å². The van der Waals surface area contributed by atoms with Crippen molar-refractivity contribution in [2.45, 2.75) is 13.5 Å². The maximum Gasteiger partial charge on any atom is 0.332 e. The average Bonchev–Trinajstić information content (AvgIpc) is 3.11. The molecular weight excluding hydrogens is 392 g/mol. The van der Waals surface area contributed by atoms with Gasteiger partial charge in [-0.15, -0.1) is 0 Å². The quantitative estimate of drug-likeness (QED) is 0.640. The monoisotopic (exact) mass is 416 g/mol. The fraction of sp³-hybridized carbons (Fsp3) is 0.450. The summed E-state index contributed by atoms with van der Waals surface area (Å²) in [5, 5.41) is 0.665. The number of imidazole rings is 1. The zero-order valence-corrected chi connectivity index (χ0v) is 17.7. The minimum atomic E-state index is -0.374. The third-order valence-electron chi connectivity index (χ3n) is 5.68. The number of anilines is 1. The van der Waals surface area contributed by atoms with Gasteiger partial charge in [0, 0.05) is 45.3 Å². The van der Waals surface area contributed by atoms with E-state index in [9.17, 15) is 9.59 Å². The van der Waals surface area contributed by atoms with Gasteiger partial charge in [-0.3, -0.25) is 18.5 Å². The number of benzene rings is 1. The summed E-state index contributed by atoms with van der Waals surface area (Å²) in [5.41, 5.74) is 1.17. The lowest BCUT2D eigenvalue weighted by molar-refractivity contribution is 0.269. The predicted octanol–water partition coefficient (Wildman–Crippen LogP) is 1.28. The Morgan fingerprint density at radius 3 is 2.28 bits per heavy atom. The fourth-order valence-corrected chi connectivity index (χ4v) is 3.99. The number of halogens is 1. The molecule has 9 heteroatoms. The number of aromatic nitrogens is 4. The van der Waals surface area contributed by atoms with Gasteiger partial charge in [-0.05, 0) is 24.2 Å². The normalized spacial score (nSPS) is 15.4. The first-order valence-electron chi connectivity index (χ1n) is 9.78. The lowest BCUT2D eigenvalue weighted by atomic mass is 10.2. The van der Waals surface area contributed by atoms with E-state index in [4.69, 9.17) is 16.6 Å². The van der Waals surface area contributed by atoms with Crippen LogP contribution in [-0.4, -0.2) is 56.3 Å². The van der Waals surface area contributed by atoms with Crippen LogP contribution in [0.1, 0.15) is 12.5 Å². The van der Waals surface area contributed by atoms with Gasteiger partial charge in [0.05, 0.1) is 6.54 Å². The predicted molar refractivity (Wildman–Crippen MR) is 115 cm³/mol. The van der Waals surface area contributed by atoms with Crippen LogP contribution in [0.25, 0.3) is 11.2 Å². The number of hydrogen-bond acceptors (Lipinski definition) is 5. The molecule has 3 aromatic rings. The van der Waals surface area contributed by atoms with E-state index in [1.807, 2.05) is 28.8 Å². The molecule has 29 heavy (non-hydrogen) atoms. The molecule has 0 radical (unpaired) electrons. The standard InChI is InChI=1S/C20H25ClN6O2/c1-4-25-9-11-26(12-10-25)19-22-17-16(18(28)24(3)20(29)23(17)2)27(19)13-14-5-7-15(21)8-6-14/h5-8H,4,9-13H2,1-3H3. The Kier molecular flexibility index (Phi) is 5.23. The number of aryl methyl sites for hydroxylation is 1. The summed E-state index contributed by atoms with van der Waals surface area (Å²) in [6, 6.07) is 7.56. The van der Waals surface area contributed by atoms with Crippen LogP contribution in [0.15, 0.2) is 33.9 Å². The molecule has 3 heterocycles. The van der Waals surface area contributed by atoms with Crippen molar-refractivity contribution in [3.05, 3.63) is 55.7 Å². The number of likely N-dealkylation sites (N-methyl/N-ethyl adjacent to an activating group) is 1. The smallest absolute Gasteiger partial charge is 0.332 e. The van der Waals surface area contributed by atoms with Crippen LogP contribution in [-0.2, 0) is 20.6 Å². The second-order valence-corrected chi connectivity index (χ2v) is 7.86. The molecule has 1 aliphatic rings. The van der Waals surface area contributed by atoms with E-state index in [1.54, 1.807) is 7.05 Å². The first kappa shape index (κ1) is 19.7. The molecule has 154 valence electrons. The highest BCUT2D eigenvalue weighted by atomic mass is 35.5. The first-order valence-corrected chi connectivity index (χ1v) is 10.2. The van der Waals surface area contributed by atoms with E-state index in [-0.39, 0.29) is 11.2 Å². The molecule has 0 N–H and O–H groups in total. The lowest BCUT2D eigenvalue weighted by Gasteiger charge is -2.34. The Morgan fingerprint density at radius 1 is 1.00 bits per heavy atom. The molecule has 1 saturated heterocycles. The summed E-state index contributed by atoms with van der Waals surface area (Å²) in [4.78, 5) is 34.8. The number of nitrogens with zero attached hydrogens (tertiary/aromatic N) is 6. The Bertz CT molecular complexity index is 1150.